The fraction of sp³-hybridized carbons (Fsp3) is 0.125. The van der Waals surface area contributed by atoms with Gasteiger partial charge in [0.25, 0.3) is 0 Å². The average Bonchev–Trinajstić information content (AvgIpc) is 3.24. The minimum atomic E-state index is -1.21. The van der Waals surface area contributed by atoms with E-state index in [9.17, 15) is 19.5 Å². The van der Waals surface area contributed by atoms with Crippen molar-refractivity contribution in [1.82, 2.24) is 14.6 Å². The molecule has 6 N–H and O–H groups in total. The fourth-order valence-corrected chi connectivity index (χ4v) is 4.14. The standard InChI is InChI=1S/C24H21Cl2N7O4/c1-32(24(37)31-19-6-5-13(25)8-17(19)26)14-4-2-3-12(7-14)21(34)16-9-15(10-18(27)23(35)36)33-20(16)22(28)29-11-30-33/h2-9,11,18H,10,27H2,1H3,(H,31,37)(H,35,36)(H2,28,29,30). The Morgan fingerprint density at radius 3 is 2.62 bits per heavy atom. The summed E-state index contributed by atoms with van der Waals surface area (Å²) in [5, 5.41) is 16.7. The number of halogens is 2. The Hall–Kier alpha value is -4.19. The van der Waals surface area contributed by atoms with Crippen molar-refractivity contribution in [3.63, 3.8) is 0 Å². The lowest BCUT2D eigenvalue weighted by Crippen LogP contribution is -2.32. The highest BCUT2D eigenvalue weighted by atomic mass is 35.5. The quantitative estimate of drug-likeness (QED) is 0.257. The number of fused-ring (bicyclic) bond motifs is 1. The van der Waals surface area contributed by atoms with Gasteiger partial charge in [0, 0.05) is 35.4 Å². The molecule has 0 spiro atoms. The van der Waals surface area contributed by atoms with Gasteiger partial charge >= 0.3 is 12.0 Å². The van der Waals surface area contributed by atoms with Crippen LogP contribution in [0, 0.1) is 0 Å². The molecule has 37 heavy (non-hydrogen) atoms. The van der Waals surface area contributed by atoms with Crippen LogP contribution in [0.3, 0.4) is 0 Å². The normalized spacial score (nSPS) is 11.8. The van der Waals surface area contributed by atoms with Crippen LogP contribution in [-0.4, -0.2) is 50.6 Å². The first-order valence-electron chi connectivity index (χ1n) is 10.8. The molecule has 0 aliphatic heterocycles. The zero-order chi connectivity index (χ0) is 26.9. The van der Waals surface area contributed by atoms with Crippen LogP contribution in [0.25, 0.3) is 5.52 Å². The monoisotopic (exact) mass is 541 g/mol. The maximum atomic E-state index is 13.5. The van der Waals surface area contributed by atoms with Gasteiger partial charge in [-0.1, -0.05) is 35.3 Å². The summed E-state index contributed by atoms with van der Waals surface area (Å²) in [5.41, 5.74) is 13.6. The van der Waals surface area contributed by atoms with Crippen LogP contribution < -0.4 is 21.7 Å². The number of rotatable bonds is 7. The van der Waals surface area contributed by atoms with Crippen molar-refractivity contribution in [2.45, 2.75) is 12.5 Å². The molecule has 2 heterocycles. The Morgan fingerprint density at radius 1 is 1.16 bits per heavy atom. The molecule has 13 heteroatoms. The molecule has 0 radical (unpaired) electrons. The van der Waals surface area contributed by atoms with Gasteiger partial charge in [0.05, 0.1) is 16.3 Å². The third-order valence-corrected chi connectivity index (χ3v) is 6.17. The molecule has 0 bridgehead atoms. The SMILES string of the molecule is CN(C(=O)Nc1ccc(Cl)cc1Cl)c1cccc(C(=O)c2cc(CC(N)C(=O)O)n3ncnc(N)c23)c1. The lowest BCUT2D eigenvalue weighted by molar-refractivity contribution is -0.138. The highest BCUT2D eigenvalue weighted by Crippen LogP contribution is 2.28. The Kier molecular flexibility index (Phi) is 7.30. The number of carbonyl (C=O) groups is 3. The van der Waals surface area contributed by atoms with E-state index in [0.717, 1.165) is 0 Å². The second-order valence-electron chi connectivity index (χ2n) is 8.10. The highest BCUT2D eigenvalue weighted by molar-refractivity contribution is 6.36. The van der Waals surface area contributed by atoms with Crippen molar-refractivity contribution < 1.29 is 19.5 Å². The van der Waals surface area contributed by atoms with Crippen LogP contribution in [0.4, 0.5) is 22.0 Å². The summed E-state index contributed by atoms with van der Waals surface area (Å²) in [6, 6.07) is 10.9. The molecule has 0 saturated carbocycles. The largest absolute Gasteiger partial charge is 0.480 e. The lowest BCUT2D eigenvalue weighted by Gasteiger charge is -2.19. The number of aromatic nitrogens is 3. The molecule has 190 valence electrons. The molecule has 4 rings (SSSR count). The van der Waals surface area contributed by atoms with Gasteiger partial charge in [-0.2, -0.15) is 5.10 Å². The third kappa shape index (κ3) is 5.33. The second kappa shape index (κ2) is 10.4. The van der Waals surface area contributed by atoms with Crippen LogP contribution in [0.5, 0.6) is 0 Å². The molecular formula is C24H21Cl2N7O4. The number of aliphatic carboxylic acids is 1. The van der Waals surface area contributed by atoms with Crippen molar-refractivity contribution in [3.8, 4) is 0 Å². The first-order chi connectivity index (χ1) is 17.6. The van der Waals surface area contributed by atoms with E-state index < -0.39 is 23.8 Å². The number of anilines is 3. The first kappa shape index (κ1) is 25.9. The predicted octanol–water partition coefficient (Wildman–Crippen LogP) is 3.47. The molecule has 2 aromatic heterocycles. The smallest absolute Gasteiger partial charge is 0.326 e. The molecule has 2 aromatic carbocycles. The summed E-state index contributed by atoms with van der Waals surface area (Å²) in [6.45, 7) is 0. The molecule has 4 aromatic rings. The van der Waals surface area contributed by atoms with Crippen molar-refractivity contribution in [3.05, 3.63) is 81.7 Å². The third-order valence-electron chi connectivity index (χ3n) is 5.62. The van der Waals surface area contributed by atoms with Crippen LogP contribution in [-0.2, 0) is 11.2 Å². The summed E-state index contributed by atoms with van der Waals surface area (Å²) in [6.07, 6.45) is 1.12. The molecule has 1 unspecified atom stereocenters. The summed E-state index contributed by atoms with van der Waals surface area (Å²) in [5.74, 6) is -1.58. The van der Waals surface area contributed by atoms with E-state index in [1.165, 1.54) is 41.0 Å². The summed E-state index contributed by atoms with van der Waals surface area (Å²) in [4.78, 5) is 42.9. The number of carbonyl (C=O) groups excluding carboxylic acids is 2. The first-order valence-corrected chi connectivity index (χ1v) is 11.6. The number of carboxylic acids is 1. The van der Waals surface area contributed by atoms with Crippen LogP contribution in [0.1, 0.15) is 21.6 Å². The Balaban J connectivity index is 1.65. The number of amides is 2. The fourth-order valence-electron chi connectivity index (χ4n) is 3.68. The zero-order valence-electron chi connectivity index (χ0n) is 19.4. The van der Waals surface area contributed by atoms with E-state index in [2.05, 4.69) is 15.4 Å². The van der Waals surface area contributed by atoms with E-state index >= 15 is 0 Å². The van der Waals surface area contributed by atoms with Crippen molar-refractivity contribution >= 4 is 63.7 Å². The van der Waals surface area contributed by atoms with E-state index in [4.69, 9.17) is 34.7 Å². The molecular weight excluding hydrogens is 521 g/mol. The van der Waals surface area contributed by atoms with Gasteiger partial charge in [0.15, 0.2) is 11.6 Å². The van der Waals surface area contributed by atoms with Crippen LogP contribution in [0.15, 0.2) is 54.9 Å². The van der Waals surface area contributed by atoms with Gasteiger partial charge in [-0.3, -0.25) is 14.5 Å². The lowest BCUT2D eigenvalue weighted by atomic mass is 10.0. The van der Waals surface area contributed by atoms with E-state index in [-0.39, 0.29) is 33.9 Å². The number of benzene rings is 2. The van der Waals surface area contributed by atoms with E-state index in [0.29, 0.717) is 22.1 Å². The number of nitrogens with zero attached hydrogens (tertiary/aromatic N) is 4. The second-order valence-corrected chi connectivity index (χ2v) is 8.94. The number of nitrogen functional groups attached to an aromatic ring is 1. The van der Waals surface area contributed by atoms with Crippen LogP contribution >= 0.6 is 23.2 Å². The van der Waals surface area contributed by atoms with Crippen molar-refractivity contribution in [2.75, 3.05) is 23.0 Å². The number of nitrogens with one attached hydrogen (secondary N) is 1. The minimum Gasteiger partial charge on any atom is -0.480 e. The molecule has 0 saturated heterocycles. The predicted molar refractivity (Wildman–Crippen MR) is 140 cm³/mol. The summed E-state index contributed by atoms with van der Waals surface area (Å²) in [7, 11) is 1.54. The highest BCUT2D eigenvalue weighted by Gasteiger charge is 2.24. The molecule has 11 nitrogen and oxygen atoms in total. The zero-order valence-corrected chi connectivity index (χ0v) is 20.9. The van der Waals surface area contributed by atoms with Gasteiger partial charge in [-0.15, -0.1) is 0 Å². The van der Waals surface area contributed by atoms with Crippen LogP contribution in [0.2, 0.25) is 10.0 Å². The van der Waals surface area contributed by atoms with Crippen molar-refractivity contribution in [2.24, 2.45) is 5.73 Å². The Bertz CT molecular complexity index is 1540. The average molecular weight is 542 g/mol. The maximum absolute atomic E-state index is 13.5. The number of hydrogen-bond donors (Lipinski definition) is 4. The van der Waals surface area contributed by atoms with Gasteiger partial charge < -0.3 is 21.9 Å². The molecule has 0 aliphatic carbocycles. The van der Waals surface area contributed by atoms with E-state index in [1.807, 2.05) is 0 Å². The maximum Gasteiger partial charge on any atom is 0.326 e. The molecule has 2 amide bonds. The van der Waals surface area contributed by atoms with Gasteiger partial charge in [0.2, 0.25) is 0 Å². The molecule has 1 atom stereocenters. The van der Waals surface area contributed by atoms with Gasteiger partial charge in [-0.05, 0) is 36.4 Å². The molecule has 0 fully saturated rings. The molecule has 0 aliphatic rings. The Labute approximate surface area is 220 Å². The minimum absolute atomic E-state index is 0.0426. The van der Waals surface area contributed by atoms with E-state index in [1.54, 1.807) is 30.3 Å². The number of urea groups is 1. The summed E-state index contributed by atoms with van der Waals surface area (Å²) < 4.78 is 1.36. The number of hydrogen-bond acceptors (Lipinski definition) is 7. The number of nitrogens with two attached hydrogens (primary N) is 2. The van der Waals surface area contributed by atoms with Gasteiger partial charge in [-0.25, -0.2) is 14.3 Å². The van der Waals surface area contributed by atoms with Gasteiger partial charge in [0.1, 0.15) is 17.9 Å². The number of carboxylic acid groups (broad SMARTS) is 1. The summed E-state index contributed by atoms with van der Waals surface area (Å²) >= 11 is 12.1. The van der Waals surface area contributed by atoms with Crippen molar-refractivity contribution in [1.29, 1.82) is 0 Å². The Morgan fingerprint density at radius 2 is 1.92 bits per heavy atom. The topological polar surface area (TPSA) is 169 Å². The number of ketones is 1.